The van der Waals surface area contributed by atoms with Gasteiger partial charge in [0.2, 0.25) is 5.91 Å². The third-order valence-corrected chi connectivity index (χ3v) is 4.17. The second-order valence-electron chi connectivity index (χ2n) is 5.83. The van der Waals surface area contributed by atoms with E-state index in [1.807, 2.05) is 20.8 Å². The summed E-state index contributed by atoms with van der Waals surface area (Å²) in [5.74, 6) is 1.02. The van der Waals surface area contributed by atoms with Gasteiger partial charge >= 0.3 is 0 Å². The first-order chi connectivity index (χ1) is 10.6. The number of nitrogens with one attached hydrogen (secondary N) is 2. The summed E-state index contributed by atoms with van der Waals surface area (Å²) < 4.78 is 0. The Morgan fingerprint density at radius 3 is 2.95 bits per heavy atom. The van der Waals surface area contributed by atoms with Crippen molar-refractivity contribution >= 4 is 5.91 Å². The Kier molecular flexibility index (Phi) is 3.96. The molecule has 118 valence electrons. The fourth-order valence-corrected chi connectivity index (χ4v) is 2.93. The van der Waals surface area contributed by atoms with E-state index in [9.17, 15) is 4.79 Å². The monoisotopic (exact) mass is 302 g/mol. The lowest BCUT2D eigenvalue weighted by molar-refractivity contribution is -0.125. The van der Waals surface area contributed by atoms with Crippen molar-refractivity contribution in [1.82, 2.24) is 30.3 Å². The Labute approximate surface area is 129 Å². The van der Waals surface area contributed by atoms with Gasteiger partial charge in [-0.1, -0.05) is 0 Å². The third kappa shape index (κ3) is 2.88. The number of hydrogen-bond acceptors (Lipinski definition) is 4. The van der Waals surface area contributed by atoms with Gasteiger partial charge in [-0.05, 0) is 33.6 Å². The zero-order chi connectivity index (χ0) is 15.7. The molecule has 0 radical (unpaired) electrons. The predicted octanol–water partition coefficient (Wildman–Crippen LogP) is 1.06. The minimum absolute atomic E-state index is 0.00822. The highest BCUT2D eigenvalue weighted by Crippen LogP contribution is 2.24. The lowest BCUT2D eigenvalue weighted by atomic mass is 9.89. The normalized spacial score (nSPS) is 17.3. The summed E-state index contributed by atoms with van der Waals surface area (Å²) in [5.41, 5.74) is 3.93. The molecule has 0 aliphatic heterocycles. The van der Waals surface area contributed by atoms with Gasteiger partial charge in [0.1, 0.15) is 11.5 Å². The van der Waals surface area contributed by atoms with Crippen molar-refractivity contribution < 1.29 is 4.79 Å². The quantitative estimate of drug-likeness (QED) is 0.884. The standard InChI is InChI=1S/C15H22N6O/c1-4-21-19-9(2)14(20-21)8-16-15(22)11-5-6-12-13(7-11)18-10(3)17-12/h11H,4-8H2,1-3H3,(H,16,22)(H,17,18). The molecule has 0 saturated heterocycles. The van der Waals surface area contributed by atoms with Gasteiger partial charge < -0.3 is 10.3 Å². The van der Waals surface area contributed by atoms with E-state index in [0.29, 0.717) is 6.54 Å². The molecule has 1 aliphatic carbocycles. The molecule has 0 fully saturated rings. The fraction of sp³-hybridized carbons (Fsp3) is 0.600. The molecular weight excluding hydrogens is 280 g/mol. The van der Waals surface area contributed by atoms with Crippen LogP contribution in [0.5, 0.6) is 0 Å². The second-order valence-corrected chi connectivity index (χ2v) is 5.83. The van der Waals surface area contributed by atoms with Gasteiger partial charge in [-0.25, -0.2) is 4.98 Å². The Balaban J connectivity index is 1.59. The molecule has 0 aromatic carbocycles. The predicted molar refractivity (Wildman–Crippen MR) is 81.1 cm³/mol. The second kappa shape index (κ2) is 5.90. The number of amides is 1. The number of rotatable bonds is 4. The van der Waals surface area contributed by atoms with Crippen LogP contribution in [0.25, 0.3) is 0 Å². The molecule has 1 amide bonds. The van der Waals surface area contributed by atoms with Crippen LogP contribution >= 0.6 is 0 Å². The minimum Gasteiger partial charge on any atom is -0.350 e. The Morgan fingerprint density at radius 1 is 1.41 bits per heavy atom. The number of carbonyl (C=O) groups is 1. The average Bonchev–Trinajstić information content (AvgIpc) is 3.05. The van der Waals surface area contributed by atoms with Crippen LogP contribution in [0.4, 0.5) is 0 Å². The molecule has 7 nitrogen and oxygen atoms in total. The summed E-state index contributed by atoms with van der Waals surface area (Å²) in [6, 6.07) is 0. The van der Waals surface area contributed by atoms with E-state index in [1.54, 1.807) is 4.80 Å². The van der Waals surface area contributed by atoms with E-state index in [1.165, 1.54) is 0 Å². The van der Waals surface area contributed by atoms with E-state index >= 15 is 0 Å². The molecule has 2 N–H and O–H groups in total. The first-order valence-corrected chi connectivity index (χ1v) is 7.79. The van der Waals surface area contributed by atoms with Crippen molar-refractivity contribution in [1.29, 1.82) is 0 Å². The largest absolute Gasteiger partial charge is 0.350 e. The van der Waals surface area contributed by atoms with Crippen molar-refractivity contribution in [2.24, 2.45) is 5.92 Å². The van der Waals surface area contributed by atoms with Gasteiger partial charge in [0.15, 0.2) is 0 Å². The molecule has 7 heteroatoms. The Bertz CT molecular complexity index is 686. The maximum absolute atomic E-state index is 12.4. The summed E-state index contributed by atoms with van der Waals surface area (Å²) in [5, 5.41) is 11.6. The Morgan fingerprint density at radius 2 is 2.23 bits per heavy atom. The molecular formula is C15H22N6O. The van der Waals surface area contributed by atoms with Crippen molar-refractivity contribution in [3.05, 3.63) is 28.6 Å². The van der Waals surface area contributed by atoms with Crippen LogP contribution in [0.1, 0.15) is 41.9 Å². The van der Waals surface area contributed by atoms with Crippen LogP contribution in [-0.2, 0) is 30.7 Å². The molecule has 2 aromatic rings. The molecule has 0 saturated carbocycles. The van der Waals surface area contributed by atoms with Gasteiger partial charge in [-0.3, -0.25) is 4.79 Å². The van der Waals surface area contributed by atoms with Crippen LogP contribution in [0.3, 0.4) is 0 Å². The maximum atomic E-state index is 12.4. The number of carbonyl (C=O) groups excluding carboxylic acids is 1. The summed E-state index contributed by atoms with van der Waals surface area (Å²) in [6.45, 7) is 7.04. The molecule has 1 atom stereocenters. The average molecular weight is 302 g/mol. The summed E-state index contributed by atoms with van der Waals surface area (Å²) >= 11 is 0. The molecule has 2 aromatic heterocycles. The number of hydrogen-bond donors (Lipinski definition) is 2. The lowest BCUT2D eigenvalue weighted by Crippen LogP contribution is -2.34. The van der Waals surface area contributed by atoms with Gasteiger partial charge in [0.05, 0.1) is 24.5 Å². The van der Waals surface area contributed by atoms with Crippen LogP contribution in [0.15, 0.2) is 0 Å². The van der Waals surface area contributed by atoms with Crippen LogP contribution in [0, 0.1) is 19.8 Å². The van der Waals surface area contributed by atoms with Crippen LogP contribution < -0.4 is 5.32 Å². The highest BCUT2D eigenvalue weighted by Gasteiger charge is 2.26. The highest BCUT2D eigenvalue weighted by atomic mass is 16.1. The highest BCUT2D eigenvalue weighted by molar-refractivity contribution is 5.79. The van der Waals surface area contributed by atoms with Crippen molar-refractivity contribution in [3.8, 4) is 0 Å². The van der Waals surface area contributed by atoms with E-state index in [0.717, 1.165) is 54.4 Å². The molecule has 0 spiro atoms. The zero-order valence-corrected chi connectivity index (χ0v) is 13.3. The van der Waals surface area contributed by atoms with Gasteiger partial charge in [0.25, 0.3) is 0 Å². The smallest absolute Gasteiger partial charge is 0.223 e. The number of fused-ring (bicyclic) bond motifs is 1. The first-order valence-electron chi connectivity index (χ1n) is 7.79. The summed E-state index contributed by atoms with van der Waals surface area (Å²) in [7, 11) is 0. The van der Waals surface area contributed by atoms with Gasteiger partial charge in [0, 0.05) is 18.0 Å². The number of imidazole rings is 1. The third-order valence-electron chi connectivity index (χ3n) is 4.17. The van der Waals surface area contributed by atoms with Crippen molar-refractivity contribution in [2.75, 3.05) is 0 Å². The van der Waals surface area contributed by atoms with Gasteiger partial charge in [-0.15, -0.1) is 0 Å². The number of aromatic amines is 1. The van der Waals surface area contributed by atoms with Crippen molar-refractivity contribution in [3.63, 3.8) is 0 Å². The number of aryl methyl sites for hydroxylation is 4. The van der Waals surface area contributed by atoms with Crippen LogP contribution in [0.2, 0.25) is 0 Å². The minimum atomic E-state index is 0.00822. The van der Waals surface area contributed by atoms with E-state index < -0.39 is 0 Å². The van der Waals surface area contributed by atoms with E-state index in [2.05, 4.69) is 25.5 Å². The summed E-state index contributed by atoms with van der Waals surface area (Å²) in [6.07, 6.45) is 2.45. The van der Waals surface area contributed by atoms with E-state index in [4.69, 9.17) is 0 Å². The molecule has 22 heavy (non-hydrogen) atoms. The molecule has 1 aliphatic rings. The molecule has 1 unspecified atom stereocenters. The molecule has 2 heterocycles. The summed E-state index contributed by atoms with van der Waals surface area (Å²) in [4.78, 5) is 21.7. The fourth-order valence-electron chi connectivity index (χ4n) is 2.93. The lowest BCUT2D eigenvalue weighted by Gasteiger charge is -2.20. The topological polar surface area (TPSA) is 88.5 Å². The number of H-pyrrole nitrogens is 1. The van der Waals surface area contributed by atoms with Gasteiger partial charge in [-0.2, -0.15) is 15.0 Å². The maximum Gasteiger partial charge on any atom is 0.223 e. The van der Waals surface area contributed by atoms with Crippen LogP contribution in [-0.4, -0.2) is 30.9 Å². The first kappa shape index (κ1) is 14.7. The zero-order valence-electron chi connectivity index (χ0n) is 13.3. The Hall–Kier alpha value is -2.18. The SMILES string of the molecule is CCn1nc(C)c(CNC(=O)C2CCc3nc(C)[nH]c3C2)n1. The van der Waals surface area contributed by atoms with Crippen molar-refractivity contribution in [2.45, 2.75) is 53.1 Å². The molecule has 3 rings (SSSR count). The molecule has 0 bridgehead atoms. The number of nitrogens with zero attached hydrogens (tertiary/aromatic N) is 4. The van der Waals surface area contributed by atoms with E-state index in [-0.39, 0.29) is 11.8 Å². The number of aromatic nitrogens is 5.